The lowest BCUT2D eigenvalue weighted by atomic mass is 10.5. The van der Waals surface area contributed by atoms with E-state index < -0.39 is 0 Å². The maximum Gasteiger partial charge on any atom is 0.276 e. The van der Waals surface area contributed by atoms with E-state index >= 15 is 0 Å². The van der Waals surface area contributed by atoms with Crippen LogP contribution in [0.25, 0.3) is 0 Å². The Labute approximate surface area is 86.7 Å². The maximum atomic E-state index is 5.81. The van der Waals surface area contributed by atoms with Gasteiger partial charge in [-0.1, -0.05) is 0 Å². The highest BCUT2D eigenvalue weighted by Crippen LogP contribution is 2.06. The summed E-state index contributed by atoms with van der Waals surface area (Å²) >= 11 is 11.6. The highest BCUT2D eigenvalue weighted by atomic mass is 79.9. The van der Waals surface area contributed by atoms with Gasteiger partial charge in [0.2, 0.25) is 0 Å². The first-order valence-electron chi connectivity index (χ1n) is 3.09. The molecule has 0 amide bonds. The van der Waals surface area contributed by atoms with Gasteiger partial charge in [-0.25, -0.2) is 0 Å². The monoisotopic (exact) mass is 255 g/mol. The number of hydrogen-bond donors (Lipinski definition) is 0. The second-order valence-electron chi connectivity index (χ2n) is 1.92. The van der Waals surface area contributed by atoms with Crippen LogP contribution in [0.5, 0.6) is 0 Å². The van der Waals surface area contributed by atoms with Gasteiger partial charge in [0.15, 0.2) is 0 Å². The zero-order valence-corrected chi connectivity index (χ0v) is 9.12. The van der Waals surface area contributed by atoms with Gasteiger partial charge in [0.05, 0.1) is 0 Å². The molecule has 0 aromatic carbocycles. The van der Waals surface area contributed by atoms with Crippen LogP contribution in [0.4, 0.5) is 0 Å². The van der Waals surface area contributed by atoms with Crippen LogP contribution in [0.1, 0.15) is 6.92 Å². The van der Waals surface area contributed by atoms with Crippen molar-refractivity contribution in [1.29, 1.82) is 0 Å². The zero-order chi connectivity index (χ0) is 7.56. The van der Waals surface area contributed by atoms with E-state index in [-0.39, 0.29) is 17.0 Å². The largest absolute Gasteiger partial charge is 1.00 e. The number of halogens is 3. The topological polar surface area (TPSA) is 3.88 Å². The lowest BCUT2D eigenvalue weighted by Crippen LogP contribution is -3.00. The van der Waals surface area contributed by atoms with E-state index in [0.717, 1.165) is 6.54 Å². The minimum atomic E-state index is 0. The van der Waals surface area contributed by atoms with Crippen LogP contribution >= 0.6 is 23.2 Å². The Hall–Kier alpha value is 0.210. The molecule has 62 valence electrons. The van der Waals surface area contributed by atoms with E-state index in [1.807, 2.05) is 29.7 Å². The lowest BCUT2D eigenvalue weighted by molar-refractivity contribution is -0.689. The van der Waals surface area contributed by atoms with Gasteiger partial charge >= 0.3 is 0 Å². The summed E-state index contributed by atoms with van der Waals surface area (Å²) in [5, 5.41) is 1.35. The number of aromatic nitrogens is 1. The Morgan fingerprint density at radius 2 is 1.73 bits per heavy atom. The molecule has 0 aliphatic rings. The molecule has 1 aromatic heterocycles. The van der Waals surface area contributed by atoms with E-state index in [9.17, 15) is 0 Å². The van der Waals surface area contributed by atoms with Crippen LogP contribution in [-0.2, 0) is 6.54 Å². The van der Waals surface area contributed by atoms with Crippen molar-refractivity contribution in [3.8, 4) is 0 Å². The van der Waals surface area contributed by atoms with Crippen LogP contribution < -0.4 is 21.5 Å². The molecule has 0 unspecified atom stereocenters. The average Bonchev–Trinajstić information content (AvgIpc) is 1.88. The van der Waals surface area contributed by atoms with Crippen LogP contribution in [-0.4, -0.2) is 0 Å². The van der Waals surface area contributed by atoms with Crippen LogP contribution in [0.2, 0.25) is 10.3 Å². The fourth-order valence-corrected chi connectivity index (χ4v) is 1.40. The van der Waals surface area contributed by atoms with Gasteiger partial charge < -0.3 is 17.0 Å². The fourth-order valence-electron chi connectivity index (χ4n) is 0.791. The third-order valence-electron chi connectivity index (χ3n) is 1.30. The summed E-state index contributed by atoms with van der Waals surface area (Å²) < 4.78 is 1.82. The van der Waals surface area contributed by atoms with Crippen molar-refractivity contribution in [2.24, 2.45) is 0 Å². The molecule has 1 rings (SSSR count). The van der Waals surface area contributed by atoms with Crippen molar-refractivity contribution in [2.75, 3.05) is 0 Å². The Kier molecular flexibility index (Phi) is 5.06. The summed E-state index contributed by atoms with van der Waals surface area (Å²) in [5.74, 6) is 0. The minimum absolute atomic E-state index is 0. The molecule has 0 radical (unpaired) electrons. The van der Waals surface area contributed by atoms with E-state index in [0.29, 0.717) is 10.3 Å². The highest BCUT2D eigenvalue weighted by molar-refractivity contribution is 6.30. The third-order valence-corrected chi connectivity index (χ3v) is 1.96. The molecule has 0 fully saturated rings. The number of rotatable bonds is 1. The van der Waals surface area contributed by atoms with Crippen molar-refractivity contribution < 1.29 is 21.5 Å². The van der Waals surface area contributed by atoms with Gasteiger partial charge in [0.1, 0.15) is 6.54 Å². The van der Waals surface area contributed by atoms with Gasteiger partial charge in [-0.2, -0.15) is 4.57 Å². The standard InChI is InChI=1S/C7H8Cl2N.BrH/c1-2-10-6(8)4-3-5-7(10)9;/h3-5H,2H2,1H3;1H/q+1;/p-1. The van der Waals surface area contributed by atoms with E-state index in [1.165, 1.54) is 0 Å². The first kappa shape index (κ1) is 11.2. The first-order valence-corrected chi connectivity index (χ1v) is 3.85. The summed E-state index contributed by atoms with van der Waals surface area (Å²) in [6.45, 7) is 2.80. The number of nitrogens with zero attached hydrogens (tertiary/aromatic N) is 1. The normalized spacial score (nSPS) is 9.00. The Balaban J connectivity index is 0.000001000. The van der Waals surface area contributed by atoms with Gasteiger partial charge in [-0.3, -0.25) is 0 Å². The molecule has 0 aliphatic heterocycles. The number of pyridine rings is 1. The highest BCUT2D eigenvalue weighted by Gasteiger charge is 2.08. The zero-order valence-electron chi connectivity index (χ0n) is 6.02. The van der Waals surface area contributed by atoms with Crippen molar-refractivity contribution >= 4 is 23.2 Å². The first-order chi connectivity index (χ1) is 4.75. The average molecular weight is 257 g/mol. The van der Waals surface area contributed by atoms with Gasteiger partial charge in [0.25, 0.3) is 10.3 Å². The molecular formula is C7H8BrCl2N. The van der Waals surface area contributed by atoms with Crippen molar-refractivity contribution in [1.82, 2.24) is 0 Å². The predicted octanol–water partition coefficient (Wildman–Crippen LogP) is -0.695. The summed E-state index contributed by atoms with van der Waals surface area (Å²) in [4.78, 5) is 0. The molecule has 0 spiro atoms. The molecule has 0 N–H and O–H groups in total. The molecule has 0 bridgehead atoms. The van der Waals surface area contributed by atoms with Gasteiger partial charge in [0, 0.05) is 12.1 Å². The van der Waals surface area contributed by atoms with Crippen molar-refractivity contribution in [3.63, 3.8) is 0 Å². The molecule has 1 aromatic rings. The summed E-state index contributed by atoms with van der Waals surface area (Å²) in [7, 11) is 0. The molecular weight excluding hydrogens is 249 g/mol. The molecule has 1 heterocycles. The van der Waals surface area contributed by atoms with E-state index in [1.54, 1.807) is 0 Å². The molecule has 0 aliphatic carbocycles. The van der Waals surface area contributed by atoms with Crippen LogP contribution in [0.3, 0.4) is 0 Å². The Morgan fingerprint density at radius 1 is 1.27 bits per heavy atom. The third kappa shape index (κ3) is 2.62. The van der Waals surface area contributed by atoms with E-state index in [2.05, 4.69) is 0 Å². The minimum Gasteiger partial charge on any atom is -1.00 e. The Bertz CT molecular complexity index is 220. The quantitative estimate of drug-likeness (QED) is 0.463. The SMILES string of the molecule is CC[n+]1c(Cl)cccc1Cl.[Br-]. The molecule has 4 heteroatoms. The smallest absolute Gasteiger partial charge is 0.276 e. The van der Waals surface area contributed by atoms with Crippen LogP contribution in [0, 0.1) is 0 Å². The van der Waals surface area contributed by atoms with Crippen molar-refractivity contribution in [3.05, 3.63) is 28.5 Å². The summed E-state index contributed by atoms with van der Waals surface area (Å²) in [6, 6.07) is 5.46. The predicted molar refractivity (Wildman–Crippen MR) is 42.3 cm³/mol. The lowest BCUT2D eigenvalue weighted by Gasteiger charge is -1.94. The fraction of sp³-hybridized carbons (Fsp3) is 0.286. The second-order valence-corrected chi connectivity index (χ2v) is 2.69. The summed E-state index contributed by atoms with van der Waals surface area (Å²) in [6.07, 6.45) is 0. The molecule has 0 saturated heterocycles. The van der Waals surface area contributed by atoms with Crippen LogP contribution in [0.15, 0.2) is 18.2 Å². The molecule has 11 heavy (non-hydrogen) atoms. The second kappa shape index (κ2) is 4.96. The molecule has 0 saturated carbocycles. The Morgan fingerprint density at radius 3 is 2.00 bits per heavy atom. The molecule has 1 nitrogen and oxygen atoms in total. The summed E-state index contributed by atoms with van der Waals surface area (Å²) in [5.41, 5.74) is 0. The molecule has 0 atom stereocenters. The van der Waals surface area contributed by atoms with E-state index in [4.69, 9.17) is 23.2 Å². The van der Waals surface area contributed by atoms with Crippen molar-refractivity contribution in [2.45, 2.75) is 13.5 Å². The van der Waals surface area contributed by atoms with Gasteiger partial charge in [-0.05, 0) is 36.2 Å². The maximum absolute atomic E-state index is 5.81. The number of hydrogen-bond acceptors (Lipinski definition) is 0. The van der Waals surface area contributed by atoms with Gasteiger partial charge in [-0.15, -0.1) is 0 Å².